The molecule has 0 spiro atoms. The number of rotatable bonds is 3. The average Bonchev–Trinajstić information content (AvgIpc) is 3.73. The number of hydrogen-bond acceptors (Lipinski definition) is 6. The fraction of sp³-hybridized carbons (Fsp3) is 0.133. The lowest BCUT2D eigenvalue weighted by Crippen LogP contribution is -2.16. The second-order valence-corrected chi connectivity index (χ2v) is 9.75. The highest BCUT2D eigenvalue weighted by Crippen LogP contribution is 2.57. The zero-order chi connectivity index (χ0) is 37.8. The molecule has 254 valence electrons. The number of allylic oxidation sites excluding steroid dienone is 6. The second-order valence-electron chi connectivity index (χ2n) is 9.75. The Kier molecular flexibility index (Phi) is 9.00. The van der Waals surface area contributed by atoms with Crippen LogP contribution in [0.25, 0.3) is 16.7 Å². The van der Waals surface area contributed by atoms with Crippen LogP contribution in [0.15, 0.2) is 34.9 Å². The van der Waals surface area contributed by atoms with Crippen molar-refractivity contribution in [3.05, 3.63) is 109 Å². The molecule has 2 heterocycles. The Morgan fingerprint density at radius 2 is 1.02 bits per heavy atom. The summed E-state index contributed by atoms with van der Waals surface area (Å²) in [6.07, 6.45) is -17.0. The highest BCUT2D eigenvalue weighted by molar-refractivity contribution is 6.12. The third-order valence-electron chi connectivity index (χ3n) is 6.82. The summed E-state index contributed by atoms with van der Waals surface area (Å²) in [6, 6.07) is 5.80. The fourth-order valence-corrected chi connectivity index (χ4v) is 4.72. The van der Waals surface area contributed by atoms with Crippen molar-refractivity contribution >= 4 is 16.7 Å². The molecule has 0 saturated heterocycles. The molecule has 0 atom stereocenters. The molecule has 0 bridgehead atoms. The van der Waals surface area contributed by atoms with E-state index in [1.54, 1.807) is 0 Å². The number of hydrogen-bond donors (Lipinski definition) is 0. The molecule has 1 aliphatic carbocycles. The van der Waals surface area contributed by atoms with Crippen LogP contribution in [-0.4, -0.2) is 9.97 Å². The van der Waals surface area contributed by atoms with Crippen LogP contribution in [0.5, 0.6) is 0 Å². The maximum Gasteiger partial charge on any atom is 0.436 e. The van der Waals surface area contributed by atoms with Gasteiger partial charge in [-0.15, -0.1) is 0 Å². The molecule has 1 saturated carbocycles. The summed E-state index contributed by atoms with van der Waals surface area (Å²) in [5.41, 5.74) is -23.2. The summed E-state index contributed by atoms with van der Waals surface area (Å²) in [7, 11) is 0. The lowest BCUT2D eigenvalue weighted by Gasteiger charge is -2.13. The van der Waals surface area contributed by atoms with Crippen molar-refractivity contribution in [2.75, 3.05) is 0 Å². The van der Waals surface area contributed by atoms with Crippen molar-refractivity contribution < 1.29 is 61.5 Å². The molecular weight excluding hydrogens is 710 g/mol. The minimum absolute atomic E-state index is 0.174. The van der Waals surface area contributed by atoms with Crippen molar-refractivity contribution in [1.82, 2.24) is 9.97 Å². The van der Waals surface area contributed by atoms with E-state index in [1.165, 1.54) is 12.1 Å². The normalized spacial score (nSPS) is 16.1. The van der Waals surface area contributed by atoms with Gasteiger partial charge >= 0.3 is 18.5 Å². The van der Waals surface area contributed by atoms with Crippen LogP contribution in [-0.2, 0) is 18.5 Å². The van der Waals surface area contributed by atoms with E-state index in [0.717, 1.165) is 12.1 Å². The quantitative estimate of drug-likeness (QED) is 0.152. The standard InChI is InChI=1S/C30H6F14N6/c1-9-21(31)19(22(32)25(49-9)29(39,40)41)13(7-47)17-16(12(6-46)11-3-2-10(5-45)4-15(11)28(36,37)38)18(17)14(8-48)20-23(33)26(30(42,43)44)50-27(35)24(20)34/h2-4H,1H3/b16-12?,17-13+,18-14-. The number of alkyl halides is 9. The molecule has 50 heavy (non-hydrogen) atoms. The second kappa shape index (κ2) is 12.3. The van der Waals surface area contributed by atoms with Gasteiger partial charge in [0.2, 0.25) is 5.95 Å². The van der Waals surface area contributed by atoms with Crippen LogP contribution in [0, 0.1) is 81.5 Å². The Bertz CT molecular complexity index is 2170. The summed E-state index contributed by atoms with van der Waals surface area (Å²) in [5, 5.41) is 38.8. The Morgan fingerprint density at radius 1 is 0.580 bits per heavy atom. The minimum Gasteiger partial charge on any atom is -0.243 e. The van der Waals surface area contributed by atoms with Crippen LogP contribution in [0.3, 0.4) is 0 Å². The number of aromatic nitrogens is 2. The van der Waals surface area contributed by atoms with Crippen LogP contribution < -0.4 is 0 Å². The topological polar surface area (TPSA) is 121 Å². The molecule has 3 aromatic rings. The SMILES string of the molecule is Cc1nc(C(F)(F)F)c(F)c(/C(C#N)=C2\C(=C(C#N)c3ccc(C#N)cc3C(F)(F)F)\C2=C(/C#N)c2c(F)c(F)nc(C(F)(F)F)c2F)c1F. The molecule has 1 fully saturated rings. The Balaban J connectivity index is 2.36. The van der Waals surface area contributed by atoms with Crippen molar-refractivity contribution in [2.45, 2.75) is 25.5 Å². The molecule has 6 nitrogen and oxygen atoms in total. The van der Waals surface area contributed by atoms with E-state index in [-0.39, 0.29) is 6.07 Å². The summed E-state index contributed by atoms with van der Waals surface area (Å²) in [4.78, 5) is 4.81. The van der Waals surface area contributed by atoms with Gasteiger partial charge in [-0.25, -0.2) is 27.5 Å². The van der Waals surface area contributed by atoms with Gasteiger partial charge in [0.1, 0.15) is 18.2 Å². The third-order valence-corrected chi connectivity index (χ3v) is 6.82. The van der Waals surface area contributed by atoms with Gasteiger partial charge in [-0.2, -0.15) is 65.0 Å². The maximum atomic E-state index is 15.3. The number of nitrogens with zero attached hydrogens (tertiary/aromatic N) is 6. The fourth-order valence-electron chi connectivity index (χ4n) is 4.72. The molecule has 1 aromatic carbocycles. The number of halogens is 14. The highest BCUT2D eigenvalue weighted by Gasteiger charge is 2.48. The largest absolute Gasteiger partial charge is 0.436 e. The minimum atomic E-state index is -5.89. The Morgan fingerprint density at radius 3 is 1.44 bits per heavy atom. The lowest BCUT2D eigenvalue weighted by molar-refractivity contribution is -0.145. The molecule has 20 heteroatoms. The van der Waals surface area contributed by atoms with Crippen molar-refractivity contribution in [1.29, 1.82) is 21.0 Å². The smallest absolute Gasteiger partial charge is 0.243 e. The molecule has 0 aliphatic heterocycles. The first-order valence-corrected chi connectivity index (χ1v) is 12.7. The lowest BCUT2D eigenvalue weighted by atomic mass is 9.96. The zero-order valence-corrected chi connectivity index (χ0v) is 23.7. The average molecular weight is 716 g/mol. The molecule has 4 rings (SSSR count). The van der Waals surface area contributed by atoms with Gasteiger partial charge in [0, 0.05) is 22.3 Å². The van der Waals surface area contributed by atoms with Crippen molar-refractivity contribution in [3.63, 3.8) is 0 Å². The van der Waals surface area contributed by atoms with Crippen LogP contribution in [0.4, 0.5) is 61.5 Å². The van der Waals surface area contributed by atoms with Crippen LogP contribution in [0.1, 0.15) is 44.9 Å². The zero-order valence-electron chi connectivity index (χ0n) is 23.7. The molecule has 0 amide bonds. The first kappa shape index (κ1) is 36.6. The molecular formula is C30H6F14N6. The molecule has 0 N–H and O–H groups in total. The van der Waals surface area contributed by atoms with Gasteiger partial charge in [-0.3, -0.25) is 0 Å². The number of nitriles is 4. The predicted octanol–water partition coefficient (Wildman–Crippen LogP) is 8.65. The van der Waals surface area contributed by atoms with Gasteiger partial charge in [0.05, 0.1) is 50.7 Å². The Labute approximate surface area is 268 Å². The molecule has 1 aliphatic rings. The van der Waals surface area contributed by atoms with Crippen molar-refractivity contribution in [2.24, 2.45) is 0 Å². The number of pyridine rings is 2. The summed E-state index contributed by atoms with van der Waals surface area (Å²) >= 11 is 0. The predicted molar refractivity (Wildman–Crippen MR) is 137 cm³/mol. The Hall–Kier alpha value is -6.28. The van der Waals surface area contributed by atoms with Crippen molar-refractivity contribution in [3.8, 4) is 24.3 Å². The van der Waals surface area contributed by atoms with Crippen LogP contribution in [0.2, 0.25) is 0 Å². The van der Waals surface area contributed by atoms with Crippen LogP contribution >= 0.6 is 0 Å². The van der Waals surface area contributed by atoms with Gasteiger partial charge in [0.15, 0.2) is 34.7 Å². The first-order chi connectivity index (χ1) is 23.1. The van der Waals surface area contributed by atoms with E-state index >= 15 is 13.2 Å². The number of benzene rings is 1. The van der Waals surface area contributed by atoms with E-state index in [0.29, 0.717) is 19.1 Å². The van der Waals surface area contributed by atoms with E-state index in [1.807, 2.05) is 0 Å². The molecule has 2 aromatic heterocycles. The van der Waals surface area contributed by atoms with E-state index < -0.39 is 126 Å². The maximum absolute atomic E-state index is 15.3. The summed E-state index contributed by atoms with van der Waals surface area (Å²) < 4.78 is 198. The van der Waals surface area contributed by atoms with Gasteiger partial charge < -0.3 is 0 Å². The number of aryl methyl sites for hydroxylation is 1. The van der Waals surface area contributed by atoms with Gasteiger partial charge in [-0.1, -0.05) is 6.07 Å². The van der Waals surface area contributed by atoms with Gasteiger partial charge in [0.25, 0.3) is 0 Å². The molecule has 0 radical (unpaired) electrons. The molecule has 0 unspecified atom stereocenters. The van der Waals surface area contributed by atoms with E-state index in [2.05, 4.69) is 9.97 Å². The third kappa shape index (κ3) is 6.07. The summed E-state index contributed by atoms with van der Waals surface area (Å²) in [5.74, 6) is -12.8. The van der Waals surface area contributed by atoms with E-state index in [9.17, 15) is 64.1 Å². The van der Waals surface area contributed by atoms with E-state index in [4.69, 9.17) is 5.26 Å². The first-order valence-electron chi connectivity index (χ1n) is 12.7. The monoisotopic (exact) mass is 716 g/mol. The summed E-state index contributed by atoms with van der Waals surface area (Å²) in [6.45, 7) is 0.546. The van der Waals surface area contributed by atoms with Gasteiger partial charge in [-0.05, 0) is 19.1 Å². The highest BCUT2D eigenvalue weighted by atomic mass is 19.4.